The quantitative estimate of drug-likeness (QED) is 0.867. The molecular weight excluding hydrogens is 316 g/mol. The van der Waals surface area contributed by atoms with E-state index in [4.69, 9.17) is 0 Å². The van der Waals surface area contributed by atoms with Crippen molar-refractivity contribution in [1.29, 1.82) is 0 Å². The van der Waals surface area contributed by atoms with Crippen LogP contribution in [-0.4, -0.2) is 30.3 Å². The van der Waals surface area contributed by atoms with E-state index in [1.165, 1.54) is 36.5 Å². The van der Waals surface area contributed by atoms with Crippen molar-refractivity contribution in [2.24, 2.45) is 0 Å². The summed E-state index contributed by atoms with van der Waals surface area (Å²) in [6.07, 6.45) is 1.50. The van der Waals surface area contributed by atoms with Crippen LogP contribution in [-0.2, 0) is 10.0 Å². The summed E-state index contributed by atoms with van der Waals surface area (Å²) in [5.74, 6) is 0.116. The van der Waals surface area contributed by atoms with Crippen LogP contribution in [0.3, 0.4) is 0 Å². The molecule has 1 aromatic carbocycles. The van der Waals surface area contributed by atoms with Crippen LogP contribution in [0, 0.1) is 6.92 Å². The van der Waals surface area contributed by atoms with Gasteiger partial charge in [0.05, 0.1) is 4.90 Å². The molecule has 0 aliphatic rings. The lowest BCUT2D eigenvalue weighted by molar-refractivity contribution is 0.102. The molecule has 122 valence electrons. The molecule has 1 aromatic heterocycles. The van der Waals surface area contributed by atoms with Crippen LogP contribution < -0.4 is 10.0 Å². The van der Waals surface area contributed by atoms with Crippen molar-refractivity contribution in [2.75, 3.05) is 5.32 Å². The first-order chi connectivity index (χ1) is 10.8. The van der Waals surface area contributed by atoms with Crippen LogP contribution in [0.25, 0.3) is 0 Å². The topological polar surface area (TPSA) is 101 Å². The van der Waals surface area contributed by atoms with Gasteiger partial charge >= 0.3 is 0 Å². The SMILES string of the molecule is Cc1nccc(C(=O)Nc2ccc(S(=O)(=O)NC(C)C)cc2)n1. The first-order valence-corrected chi connectivity index (χ1v) is 8.49. The van der Waals surface area contributed by atoms with Crippen molar-refractivity contribution < 1.29 is 13.2 Å². The second kappa shape index (κ2) is 6.84. The van der Waals surface area contributed by atoms with Gasteiger partial charge in [-0.2, -0.15) is 0 Å². The fourth-order valence-corrected chi connectivity index (χ4v) is 3.12. The highest BCUT2D eigenvalue weighted by atomic mass is 32.2. The lowest BCUT2D eigenvalue weighted by atomic mass is 10.3. The van der Waals surface area contributed by atoms with Gasteiger partial charge in [0.1, 0.15) is 11.5 Å². The number of benzene rings is 1. The number of anilines is 1. The third kappa shape index (κ3) is 4.57. The molecule has 0 spiro atoms. The van der Waals surface area contributed by atoms with Gasteiger partial charge in [0.15, 0.2) is 0 Å². The number of hydrogen-bond donors (Lipinski definition) is 2. The molecule has 0 bridgehead atoms. The van der Waals surface area contributed by atoms with Gasteiger partial charge in [-0.25, -0.2) is 23.1 Å². The monoisotopic (exact) mass is 334 g/mol. The number of rotatable bonds is 5. The van der Waals surface area contributed by atoms with E-state index < -0.39 is 10.0 Å². The van der Waals surface area contributed by atoms with E-state index in [2.05, 4.69) is 20.0 Å². The average molecular weight is 334 g/mol. The maximum atomic E-state index is 12.1. The molecular formula is C15H18N4O3S. The fourth-order valence-electron chi connectivity index (χ4n) is 1.87. The lowest BCUT2D eigenvalue weighted by Gasteiger charge is -2.10. The number of amides is 1. The molecule has 0 saturated heterocycles. The molecule has 0 atom stereocenters. The van der Waals surface area contributed by atoms with Gasteiger partial charge in [0, 0.05) is 17.9 Å². The Balaban J connectivity index is 2.13. The maximum absolute atomic E-state index is 12.1. The summed E-state index contributed by atoms with van der Waals surface area (Å²) in [5, 5.41) is 2.66. The van der Waals surface area contributed by atoms with Crippen LogP contribution in [0.2, 0.25) is 0 Å². The van der Waals surface area contributed by atoms with E-state index in [9.17, 15) is 13.2 Å². The van der Waals surface area contributed by atoms with Crippen LogP contribution in [0.1, 0.15) is 30.2 Å². The first-order valence-electron chi connectivity index (χ1n) is 7.01. The third-order valence-corrected chi connectivity index (χ3v) is 4.50. The number of carbonyl (C=O) groups excluding carboxylic acids is 1. The van der Waals surface area contributed by atoms with Gasteiger partial charge in [-0.15, -0.1) is 0 Å². The van der Waals surface area contributed by atoms with E-state index in [1.54, 1.807) is 20.8 Å². The summed E-state index contributed by atoms with van der Waals surface area (Å²) < 4.78 is 26.5. The Hall–Kier alpha value is -2.32. The van der Waals surface area contributed by atoms with Crippen LogP contribution >= 0.6 is 0 Å². The summed E-state index contributed by atoms with van der Waals surface area (Å²) in [7, 11) is -3.55. The zero-order chi connectivity index (χ0) is 17.0. The number of nitrogens with one attached hydrogen (secondary N) is 2. The third-order valence-electron chi connectivity index (χ3n) is 2.82. The summed E-state index contributed by atoms with van der Waals surface area (Å²) >= 11 is 0. The minimum absolute atomic E-state index is 0.141. The fraction of sp³-hybridized carbons (Fsp3) is 0.267. The molecule has 0 radical (unpaired) electrons. The average Bonchev–Trinajstić information content (AvgIpc) is 2.46. The molecule has 8 heteroatoms. The van der Waals surface area contributed by atoms with Crippen molar-refractivity contribution in [3.63, 3.8) is 0 Å². The van der Waals surface area contributed by atoms with Gasteiger partial charge in [-0.05, 0) is 51.1 Å². The summed E-state index contributed by atoms with van der Waals surface area (Å²) in [6, 6.07) is 7.24. The number of nitrogens with zero attached hydrogens (tertiary/aromatic N) is 2. The van der Waals surface area contributed by atoms with E-state index in [-0.39, 0.29) is 22.5 Å². The van der Waals surface area contributed by atoms with E-state index in [0.29, 0.717) is 11.5 Å². The Morgan fingerprint density at radius 1 is 1.13 bits per heavy atom. The molecule has 1 heterocycles. The molecule has 2 rings (SSSR count). The van der Waals surface area contributed by atoms with Crippen LogP contribution in [0.4, 0.5) is 5.69 Å². The number of hydrogen-bond acceptors (Lipinski definition) is 5. The summed E-state index contributed by atoms with van der Waals surface area (Å²) in [4.78, 5) is 20.2. The molecule has 0 saturated carbocycles. The second-order valence-corrected chi connectivity index (χ2v) is 6.96. The minimum atomic E-state index is -3.55. The lowest BCUT2D eigenvalue weighted by Crippen LogP contribution is -2.30. The molecule has 2 aromatic rings. The van der Waals surface area contributed by atoms with Gasteiger partial charge in [-0.3, -0.25) is 4.79 Å². The number of carbonyl (C=O) groups is 1. The molecule has 0 aliphatic carbocycles. The highest BCUT2D eigenvalue weighted by Crippen LogP contribution is 2.15. The minimum Gasteiger partial charge on any atom is -0.321 e. The molecule has 23 heavy (non-hydrogen) atoms. The summed E-state index contributed by atoms with van der Waals surface area (Å²) in [6.45, 7) is 5.18. The number of aryl methyl sites for hydroxylation is 1. The highest BCUT2D eigenvalue weighted by Gasteiger charge is 2.15. The normalized spacial score (nSPS) is 11.5. The molecule has 0 unspecified atom stereocenters. The molecule has 2 N–H and O–H groups in total. The van der Waals surface area contributed by atoms with Gasteiger partial charge in [-0.1, -0.05) is 0 Å². The smallest absolute Gasteiger partial charge is 0.274 e. The first kappa shape index (κ1) is 17.0. The maximum Gasteiger partial charge on any atom is 0.274 e. The van der Waals surface area contributed by atoms with Crippen molar-refractivity contribution >= 4 is 21.6 Å². The second-order valence-electron chi connectivity index (χ2n) is 5.24. The van der Waals surface area contributed by atoms with E-state index in [0.717, 1.165) is 0 Å². The van der Waals surface area contributed by atoms with Crippen molar-refractivity contribution in [3.05, 3.63) is 48.0 Å². The Labute approximate surface area is 135 Å². The standard InChI is InChI=1S/C15H18N4O3S/c1-10(2)19-23(21,22)13-6-4-12(5-7-13)18-15(20)14-8-9-16-11(3)17-14/h4-10,19H,1-3H3,(H,18,20). The summed E-state index contributed by atoms with van der Waals surface area (Å²) in [5.41, 5.74) is 0.727. The van der Waals surface area contributed by atoms with E-state index >= 15 is 0 Å². The molecule has 0 fully saturated rings. The van der Waals surface area contributed by atoms with Gasteiger partial charge in [0.2, 0.25) is 10.0 Å². The molecule has 1 amide bonds. The van der Waals surface area contributed by atoms with Gasteiger partial charge < -0.3 is 5.32 Å². The van der Waals surface area contributed by atoms with Crippen molar-refractivity contribution in [1.82, 2.24) is 14.7 Å². The van der Waals surface area contributed by atoms with Crippen molar-refractivity contribution in [3.8, 4) is 0 Å². The van der Waals surface area contributed by atoms with Crippen LogP contribution in [0.5, 0.6) is 0 Å². The highest BCUT2D eigenvalue weighted by molar-refractivity contribution is 7.89. The Morgan fingerprint density at radius 2 is 1.78 bits per heavy atom. The predicted molar refractivity (Wildman–Crippen MR) is 86.6 cm³/mol. The number of aromatic nitrogens is 2. The Kier molecular flexibility index (Phi) is 5.07. The molecule has 0 aliphatic heterocycles. The van der Waals surface area contributed by atoms with Crippen LogP contribution in [0.15, 0.2) is 41.4 Å². The van der Waals surface area contributed by atoms with Gasteiger partial charge in [0.25, 0.3) is 5.91 Å². The zero-order valence-electron chi connectivity index (χ0n) is 13.1. The van der Waals surface area contributed by atoms with Crippen molar-refractivity contribution in [2.45, 2.75) is 31.7 Å². The predicted octanol–water partition coefficient (Wildman–Crippen LogP) is 1.72. The number of sulfonamides is 1. The Bertz CT molecular complexity index is 802. The van der Waals surface area contributed by atoms with E-state index in [1.807, 2.05) is 0 Å². The largest absolute Gasteiger partial charge is 0.321 e. The molecule has 7 nitrogen and oxygen atoms in total. The Morgan fingerprint density at radius 3 is 2.35 bits per heavy atom. The zero-order valence-corrected chi connectivity index (χ0v) is 13.9.